The molecule has 0 radical (unpaired) electrons. The van der Waals surface area contributed by atoms with E-state index in [0.29, 0.717) is 19.4 Å². The van der Waals surface area contributed by atoms with Gasteiger partial charge >= 0.3 is 5.97 Å². The van der Waals surface area contributed by atoms with E-state index in [-0.39, 0.29) is 18.5 Å². The van der Waals surface area contributed by atoms with Gasteiger partial charge in [0.1, 0.15) is 0 Å². The van der Waals surface area contributed by atoms with Crippen molar-refractivity contribution in [2.24, 2.45) is 0 Å². The maximum Gasteiger partial charge on any atom is 0.305 e. The van der Waals surface area contributed by atoms with Gasteiger partial charge in [0.05, 0.1) is 25.4 Å². The Morgan fingerprint density at radius 2 is 0.887 bits per heavy atom. The molecular weight excluding hydrogens is 659 g/mol. The van der Waals surface area contributed by atoms with E-state index in [0.717, 1.165) is 70.6 Å². The van der Waals surface area contributed by atoms with Crippen molar-refractivity contribution in [3.8, 4) is 0 Å². The zero-order chi connectivity index (χ0) is 38.7. The van der Waals surface area contributed by atoms with Crippen LogP contribution in [0, 0.1) is 0 Å². The van der Waals surface area contributed by atoms with Gasteiger partial charge in [-0.1, -0.05) is 166 Å². The Kier molecular flexibility index (Phi) is 41.3. The highest BCUT2D eigenvalue weighted by Gasteiger charge is 2.17. The lowest BCUT2D eigenvalue weighted by Crippen LogP contribution is -2.45. The first-order chi connectivity index (χ1) is 26.0. The third-order valence-corrected chi connectivity index (χ3v) is 10.1. The predicted octanol–water partition coefficient (Wildman–Crippen LogP) is 12.9. The maximum atomic E-state index is 12.3. The molecule has 0 heterocycles. The van der Waals surface area contributed by atoms with Gasteiger partial charge in [-0.2, -0.15) is 0 Å². The van der Waals surface area contributed by atoms with Crippen LogP contribution in [0.2, 0.25) is 0 Å². The van der Waals surface area contributed by atoms with Gasteiger partial charge in [0.15, 0.2) is 0 Å². The molecular formula is C47H87NO5. The van der Waals surface area contributed by atoms with Crippen LogP contribution in [0.5, 0.6) is 0 Å². The Morgan fingerprint density at radius 3 is 1.40 bits per heavy atom. The Hall–Kier alpha value is -1.92. The van der Waals surface area contributed by atoms with Gasteiger partial charge in [0.2, 0.25) is 5.91 Å². The fourth-order valence-corrected chi connectivity index (χ4v) is 6.56. The number of hydrogen-bond donors (Lipinski definition) is 3. The number of hydrogen-bond acceptors (Lipinski definition) is 5. The molecule has 0 spiro atoms. The number of carbonyl (C=O) groups excluding carboxylic acids is 2. The molecule has 0 aromatic heterocycles. The summed E-state index contributed by atoms with van der Waals surface area (Å²) in [5, 5.41) is 22.9. The van der Waals surface area contributed by atoms with E-state index in [4.69, 9.17) is 4.74 Å². The SMILES string of the molecule is CCCCC/C=C\CCCCCCCC(=O)OCCCCCCCC/C=C\CCCCCC(=O)NC(CO)C(O)/C=C/CCCCCCCCCCC. The highest BCUT2D eigenvalue weighted by atomic mass is 16.5. The summed E-state index contributed by atoms with van der Waals surface area (Å²) in [4.78, 5) is 24.3. The molecule has 3 N–H and O–H groups in total. The summed E-state index contributed by atoms with van der Waals surface area (Å²) >= 11 is 0. The average molecular weight is 746 g/mol. The summed E-state index contributed by atoms with van der Waals surface area (Å²) in [6.07, 6.45) is 49.9. The first-order valence-electron chi connectivity index (χ1n) is 22.8. The van der Waals surface area contributed by atoms with Crippen LogP contribution < -0.4 is 5.32 Å². The minimum absolute atomic E-state index is 0.0255. The van der Waals surface area contributed by atoms with Gasteiger partial charge in [-0.05, 0) is 83.5 Å². The van der Waals surface area contributed by atoms with Gasteiger partial charge in [-0.15, -0.1) is 0 Å². The van der Waals surface area contributed by atoms with E-state index >= 15 is 0 Å². The number of esters is 1. The monoisotopic (exact) mass is 746 g/mol. The number of carbonyl (C=O) groups is 2. The van der Waals surface area contributed by atoms with Crippen molar-refractivity contribution < 1.29 is 24.5 Å². The van der Waals surface area contributed by atoms with Crippen LogP contribution in [-0.4, -0.2) is 47.4 Å². The number of amides is 1. The summed E-state index contributed by atoms with van der Waals surface area (Å²) in [6, 6.07) is -0.646. The second kappa shape index (κ2) is 42.8. The van der Waals surface area contributed by atoms with Crippen LogP contribution in [0.3, 0.4) is 0 Å². The zero-order valence-corrected chi connectivity index (χ0v) is 35.0. The normalized spacial score (nSPS) is 13.1. The molecule has 0 fully saturated rings. The Labute approximate surface area is 328 Å². The van der Waals surface area contributed by atoms with E-state index in [1.807, 2.05) is 6.08 Å². The first kappa shape index (κ1) is 51.1. The number of aliphatic hydroxyl groups is 2. The molecule has 6 heteroatoms. The van der Waals surface area contributed by atoms with Crippen molar-refractivity contribution in [2.45, 2.75) is 238 Å². The smallest absolute Gasteiger partial charge is 0.305 e. The fraction of sp³-hybridized carbons (Fsp3) is 0.830. The number of aliphatic hydroxyl groups excluding tert-OH is 2. The van der Waals surface area contributed by atoms with E-state index in [1.54, 1.807) is 6.08 Å². The van der Waals surface area contributed by atoms with Gasteiger partial charge in [0, 0.05) is 12.8 Å². The van der Waals surface area contributed by atoms with Crippen LogP contribution >= 0.6 is 0 Å². The number of nitrogens with one attached hydrogen (secondary N) is 1. The lowest BCUT2D eigenvalue weighted by Gasteiger charge is -2.19. The Balaban J connectivity index is 3.55. The number of unbranched alkanes of at least 4 members (excludes halogenated alkanes) is 26. The second-order valence-corrected chi connectivity index (χ2v) is 15.4. The summed E-state index contributed by atoms with van der Waals surface area (Å²) in [5.41, 5.74) is 0. The highest BCUT2D eigenvalue weighted by Crippen LogP contribution is 2.13. The number of rotatable bonds is 41. The minimum atomic E-state index is -0.860. The van der Waals surface area contributed by atoms with Crippen LogP contribution in [0.1, 0.15) is 226 Å². The molecule has 0 aliphatic rings. The topological polar surface area (TPSA) is 95.9 Å². The quantitative estimate of drug-likeness (QED) is 0.0329. The largest absolute Gasteiger partial charge is 0.466 e. The van der Waals surface area contributed by atoms with Crippen LogP contribution in [0.4, 0.5) is 0 Å². The fourth-order valence-electron chi connectivity index (χ4n) is 6.56. The van der Waals surface area contributed by atoms with Gasteiger partial charge < -0.3 is 20.3 Å². The molecule has 1 amide bonds. The van der Waals surface area contributed by atoms with Crippen molar-refractivity contribution >= 4 is 11.9 Å². The highest BCUT2D eigenvalue weighted by molar-refractivity contribution is 5.76. The van der Waals surface area contributed by atoms with Gasteiger partial charge in [0.25, 0.3) is 0 Å². The molecule has 53 heavy (non-hydrogen) atoms. The molecule has 310 valence electrons. The molecule has 0 bridgehead atoms. The molecule has 0 aliphatic carbocycles. The van der Waals surface area contributed by atoms with E-state index in [2.05, 4.69) is 43.5 Å². The van der Waals surface area contributed by atoms with E-state index in [9.17, 15) is 19.8 Å². The number of ether oxygens (including phenoxy) is 1. The van der Waals surface area contributed by atoms with Crippen molar-refractivity contribution in [3.05, 3.63) is 36.5 Å². The van der Waals surface area contributed by atoms with Crippen LogP contribution in [0.15, 0.2) is 36.5 Å². The van der Waals surface area contributed by atoms with Gasteiger partial charge in [-0.3, -0.25) is 9.59 Å². The van der Waals surface area contributed by atoms with Crippen LogP contribution in [-0.2, 0) is 14.3 Å². The molecule has 0 saturated carbocycles. The standard InChI is InChI=1S/C47H87NO5/c1-3-5-7-9-11-13-15-21-25-29-33-37-41-47(52)53-42-38-34-30-26-22-18-16-17-20-24-28-32-36-40-46(51)48-44(43-49)45(50)39-35-31-27-23-19-14-12-10-8-6-4-2/h11,13,17,20,35,39,44-45,49-50H,3-10,12,14-16,18-19,21-34,36-38,40-43H2,1-2H3,(H,48,51)/b13-11-,20-17-,39-35+. The predicted molar refractivity (Wildman–Crippen MR) is 227 cm³/mol. The second-order valence-electron chi connectivity index (χ2n) is 15.4. The molecule has 0 rings (SSSR count). The van der Waals surface area contributed by atoms with Crippen molar-refractivity contribution in [1.29, 1.82) is 0 Å². The molecule has 0 saturated heterocycles. The van der Waals surface area contributed by atoms with E-state index in [1.165, 1.54) is 128 Å². The molecule has 2 atom stereocenters. The lowest BCUT2D eigenvalue weighted by molar-refractivity contribution is -0.143. The number of allylic oxidation sites excluding steroid dienone is 5. The molecule has 6 nitrogen and oxygen atoms in total. The lowest BCUT2D eigenvalue weighted by atomic mass is 10.1. The van der Waals surface area contributed by atoms with Crippen molar-refractivity contribution in [1.82, 2.24) is 5.32 Å². The summed E-state index contributed by atoms with van der Waals surface area (Å²) < 4.78 is 5.43. The van der Waals surface area contributed by atoms with Crippen LogP contribution in [0.25, 0.3) is 0 Å². The van der Waals surface area contributed by atoms with Crippen molar-refractivity contribution in [2.75, 3.05) is 13.2 Å². The third-order valence-electron chi connectivity index (χ3n) is 10.1. The third kappa shape index (κ3) is 39.6. The zero-order valence-electron chi connectivity index (χ0n) is 35.0. The Morgan fingerprint density at radius 1 is 0.509 bits per heavy atom. The maximum absolute atomic E-state index is 12.3. The Bertz CT molecular complexity index is 869. The molecule has 0 aliphatic heterocycles. The van der Waals surface area contributed by atoms with Gasteiger partial charge in [-0.25, -0.2) is 0 Å². The van der Waals surface area contributed by atoms with Crippen molar-refractivity contribution in [3.63, 3.8) is 0 Å². The summed E-state index contributed by atoms with van der Waals surface area (Å²) in [6.45, 7) is 4.80. The summed E-state index contributed by atoms with van der Waals surface area (Å²) in [5.74, 6) is -0.127. The van der Waals surface area contributed by atoms with E-state index < -0.39 is 12.1 Å². The summed E-state index contributed by atoms with van der Waals surface area (Å²) in [7, 11) is 0. The average Bonchev–Trinajstić information content (AvgIpc) is 3.16. The molecule has 2 unspecified atom stereocenters. The minimum Gasteiger partial charge on any atom is -0.466 e. The first-order valence-corrected chi connectivity index (χ1v) is 22.8. The molecule has 0 aromatic carbocycles. The molecule has 0 aromatic rings.